The first kappa shape index (κ1) is 21.2. The molecule has 1 aromatic carbocycles. The zero-order chi connectivity index (χ0) is 20.5. The Kier molecular flexibility index (Phi) is 7.93. The summed E-state index contributed by atoms with van der Waals surface area (Å²) >= 11 is 0. The van der Waals surface area contributed by atoms with Crippen LogP contribution in [0.2, 0.25) is 0 Å². The normalized spacial score (nSPS) is 14.3. The molecule has 1 aromatic heterocycles. The summed E-state index contributed by atoms with van der Waals surface area (Å²) < 4.78 is 13.3. The molecule has 1 fully saturated rings. The SMILES string of the molecule is CC(C)Oc1ccc(NC(=NCc2ccnn2C)NCCCOCC2CC2)cc1. The van der Waals surface area contributed by atoms with Crippen LogP contribution in [0, 0.1) is 5.92 Å². The zero-order valence-corrected chi connectivity index (χ0v) is 17.7. The monoisotopic (exact) mass is 399 g/mol. The van der Waals surface area contributed by atoms with Gasteiger partial charge in [-0.1, -0.05) is 0 Å². The van der Waals surface area contributed by atoms with Crippen molar-refractivity contribution in [2.75, 3.05) is 25.1 Å². The van der Waals surface area contributed by atoms with Crippen molar-refractivity contribution in [3.63, 3.8) is 0 Å². The van der Waals surface area contributed by atoms with Crippen LogP contribution in [0.15, 0.2) is 41.5 Å². The van der Waals surface area contributed by atoms with Gasteiger partial charge in [0.25, 0.3) is 0 Å². The summed E-state index contributed by atoms with van der Waals surface area (Å²) in [5.41, 5.74) is 2.02. The van der Waals surface area contributed by atoms with E-state index in [1.165, 1.54) is 12.8 Å². The van der Waals surface area contributed by atoms with Crippen LogP contribution in [0.25, 0.3) is 0 Å². The Morgan fingerprint density at radius 3 is 2.69 bits per heavy atom. The smallest absolute Gasteiger partial charge is 0.196 e. The fourth-order valence-corrected chi connectivity index (χ4v) is 2.80. The number of nitrogens with one attached hydrogen (secondary N) is 2. The Balaban J connectivity index is 1.53. The van der Waals surface area contributed by atoms with Gasteiger partial charge in [0.05, 0.1) is 18.3 Å². The van der Waals surface area contributed by atoms with E-state index >= 15 is 0 Å². The maximum absolute atomic E-state index is 5.71. The number of guanidine groups is 1. The minimum absolute atomic E-state index is 0.161. The summed E-state index contributed by atoms with van der Waals surface area (Å²) in [5, 5.41) is 11.0. The second-order valence-corrected chi connectivity index (χ2v) is 7.73. The third-order valence-electron chi connectivity index (χ3n) is 4.62. The average molecular weight is 400 g/mol. The van der Waals surface area contributed by atoms with Gasteiger partial charge in [0.1, 0.15) is 5.75 Å². The highest BCUT2D eigenvalue weighted by Gasteiger charge is 2.20. The molecule has 0 radical (unpaired) electrons. The van der Waals surface area contributed by atoms with Crippen LogP contribution in [0.5, 0.6) is 5.75 Å². The Bertz CT molecular complexity index is 766. The summed E-state index contributed by atoms with van der Waals surface area (Å²) in [6, 6.07) is 9.90. The fraction of sp³-hybridized carbons (Fsp3) is 0.545. The molecule has 0 amide bonds. The van der Waals surface area contributed by atoms with Crippen molar-refractivity contribution in [3.05, 3.63) is 42.2 Å². The van der Waals surface area contributed by atoms with E-state index in [9.17, 15) is 0 Å². The van der Waals surface area contributed by atoms with Crippen LogP contribution in [0.1, 0.15) is 38.8 Å². The van der Waals surface area contributed by atoms with E-state index in [4.69, 9.17) is 14.5 Å². The molecule has 1 heterocycles. The van der Waals surface area contributed by atoms with E-state index in [-0.39, 0.29) is 6.10 Å². The molecule has 1 aliphatic carbocycles. The molecule has 0 saturated heterocycles. The van der Waals surface area contributed by atoms with Crippen LogP contribution >= 0.6 is 0 Å². The summed E-state index contributed by atoms with van der Waals surface area (Å²) in [6.45, 7) is 7.08. The topological polar surface area (TPSA) is 72.7 Å². The van der Waals surface area contributed by atoms with Gasteiger partial charge in [-0.2, -0.15) is 5.10 Å². The molecule has 1 saturated carbocycles. The number of aliphatic imine (C=N–C) groups is 1. The minimum atomic E-state index is 0.161. The molecule has 0 atom stereocenters. The van der Waals surface area contributed by atoms with Gasteiger partial charge in [0.15, 0.2) is 5.96 Å². The molecule has 7 nitrogen and oxygen atoms in total. The Labute approximate surface area is 173 Å². The van der Waals surface area contributed by atoms with E-state index in [2.05, 4.69) is 15.7 Å². The van der Waals surface area contributed by atoms with E-state index in [0.29, 0.717) is 6.54 Å². The molecular formula is C22H33N5O2. The lowest BCUT2D eigenvalue weighted by Crippen LogP contribution is -2.32. The summed E-state index contributed by atoms with van der Waals surface area (Å²) in [6.07, 6.45) is 5.55. The van der Waals surface area contributed by atoms with Crippen molar-refractivity contribution in [1.82, 2.24) is 15.1 Å². The maximum Gasteiger partial charge on any atom is 0.196 e. The van der Waals surface area contributed by atoms with Gasteiger partial charge in [-0.25, -0.2) is 4.99 Å². The number of benzene rings is 1. The van der Waals surface area contributed by atoms with Gasteiger partial charge in [0.2, 0.25) is 0 Å². The Hall–Kier alpha value is -2.54. The molecule has 2 aromatic rings. The molecule has 29 heavy (non-hydrogen) atoms. The van der Waals surface area contributed by atoms with Crippen molar-refractivity contribution >= 4 is 11.6 Å². The fourth-order valence-electron chi connectivity index (χ4n) is 2.80. The van der Waals surface area contributed by atoms with E-state index < -0.39 is 0 Å². The molecule has 7 heteroatoms. The van der Waals surface area contributed by atoms with Crippen LogP contribution < -0.4 is 15.4 Å². The largest absolute Gasteiger partial charge is 0.491 e. The number of aryl methyl sites for hydroxylation is 1. The lowest BCUT2D eigenvalue weighted by Gasteiger charge is -2.14. The molecule has 0 aliphatic heterocycles. The summed E-state index contributed by atoms with van der Waals surface area (Å²) in [7, 11) is 1.93. The standard InChI is InChI=1S/C22H33N5O2/c1-17(2)29-21-9-7-19(8-10-21)26-22(24-15-20-11-13-25-27(20)3)23-12-4-14-28-16-18-5-6-18/h7-11,13,17-18H,4-6,12,14-16H2,1-3H3,(H2,23,24,26). The maximum atomic E-state index is 5.71. The molecule has 0 bridgehead atoms. The van der Waals surface area contributed by atoms with E-state index in [1.54, 1.807) is 6.20 Å². The lowest BCUT2D eigenvalue weighted by molar-refractivity contribution is 0.123. The minimum Gasteiger partial charge on any atom is -0.491 e. The summed E-state index contributed by atoms with van der Waals surface area (Å²) in [4.78, 5) is 4.71. The molecule has 3 rings (SSSR count). The van der Waals surface area contributed by atoms with Gasteiger partial charge < -0.3 is 20.1 Å². The third kappa shape index (κ3) is 7.77. The number of hydrogen-bond donors (Lipinski definition) is 2. The van der Waals surface area contributed by atoms with Crippen molar-refractivity contribution in [1.29, 1.82) is 0 Å². The third-order valence-corrected chi connectivity index (χ3v) is 4.62. The van der Waals surface area contributed by atoms with Crippen molar-refractivity contribution in [3.8, 4) is 5.75 Å². The number of hydrogen-bond acceptors (Lipinski definition) is 4. The molecule has 0 unspecified atom stereocenters. The molecule has 1 aliphatic rings. The number of nitrogens with zero attached hydrogens (tertiary/aromatic N) is 3. The highest BCUT2D eigenvalue weighted by atomic mass is 16.5. The molecule has 158 valence electrons. The highest BCUT2D eigenvalue weighted by Crippen LogP contribution is 2.28. The van der Waals surface area contributed by atoms with Gasteiger partial charge >= 0.3 is 0 Å². The second kappa shape index (κ2) is 10.9. The Morgan fingerprint density at radius 2 is 2.03 bits per heavy atom. The predicted molar refractivity (Wildman–Crippen MR) is 116 cm³/mol. The molecule has 0 spiro atoms. The van der Waals surface area contributed by atoms with Crippen molar-refractivity contribution in [2.45, 2.75) is 45.8 Å². The second-order valence-electron chi connectivity index (χ2n) is 7.73. The number of aromatic nitrogens is 2. The highest BCUT2D eigenvalue weighted by molar-refractivity contribution is 5.93. The number of anilines is 1. The first-order valence-corrected chi connectivity index (χ1v) is 10.5. The quantitative estimate of drug-likeness (QED) is 0.343. The van der Waals surface area contributed by atoms with Gasteiger partial charge in [0, 0.05) is 38.7 Å². The molecule has 2 N–H and O–H groups in total. The number of ether oxygens (including phenoxy) is 2. The van der Waals surface area contributed by atoms with Crippen molar-refractivity contribution < 1.29 is 9.47 Å². The lowest BCUT2D eigenvalue weighted by atomic mass is 10.3. The average Bonchev–Trinajstić information content (AvgIpc) is 3.43. The van der Waals surface area contributed by atoms with Crippen LogP contribution in [-0.2, 0) is 18.3 Å². The van der Waals surface area contributed by atoms with Crippen LogP contribution in [-0.4, -0.2) is 41.6 Å². The van der Waals surface area contributed by atoms with E-state index in [0.717, 1.165) is 55.2 Å². The van der Waals surface area contributed by atoms with Crippen LogP contribution in [0.3, 0.4) is 0 Å². The molecular weight excluding hydrogens is 366 g/mol. The first-order valence-electron chi connectivity index (χ1n) is 10.5. The Morgan fingerprint density at radius 1 is 1.24 bits per heavy atom. The predicted octanol–water partition coefficient (Wildman–Crippen LogP) is 3.58. The number of rotatable bonds is 11. The van der Waals surface area contributed by atoms with E-state index in [1.807, 2.05) is 55.9 Å². The van der Waals surface area contributed by atoms with Gasteiger partial charge in [-0.05, 0) is 69.4 Å². The van der Waals surface area contributed by atoms with Crippen LogP contribution in [0.4, 0.5) is 5.69 Å². The van der Waals surface area contributed by atoms with Gasteiger partial charge in [-0.3, -0.25) is 4.68 Å². The zero-order valence-electron chi connectivity index (χ0n) is 17.7. The van der Waals surface area contributed by atoms with Crippen molar-refractivity contribution in [2.24, 2.45) is 18.0 Å². The first-order chi connectivity index (χ1) is 14.1. The van der Waals surface area contributed by atoms with Gasteiger partial charge in [-0.15, -0.1) is 0 Å². The summed E-state index contributed by atoms with van der Waals surface area (Å²) in [5.74, 6) is 2.41.